The Morgan fingerprint density at radius 2 is 2.20 bits per heavy atom. The van der Waals surface area contributed by atoms with Crippen molar-refractivity contribution >= 4 is 10.0 Å². The van der Waals surface area contributed by atoms with Gasteiger partial charge in [-0.1, -0.05) is 13.8 Å². The van der Waals surface area contributed by atoms with Crippen molar-refractivity contribution in [1.29, 1.82) is 0 Å². The minimum Gasteiger partial charge on any atom is -0.349 e. The third kappa shape index (κ3) is 3.24. The Hall–Kier alpha value is -0.850. The molecule has 1 saturated carbocycles. The van der Waals surface area contributed by atoms with Crippen molar-refractivity contribution in [3.05, 3.63) is 18.0 Å². The third-order valence-corrected chi connectivity index (χ3v) is 5.60. The van der Waals surface area contributed by atoms with Gasteiger partial charge in [-0.25, -0.2) is 13.1 Å². The lowest BCUT2D eigenvalue weighted by Gasteiger charge is -2.17. The van der Waals surface area contributed by atoms with Crippen LogP contribution in [0.5, 0.6) is 0 Å². The van der Waals surface area contributed by atoms with E-state index in [1.807, 2.05) is 11.5 Å². The number of sulfonamides is 1. The van der Waals surface area contributed by atoms with E-state index in [1.54, 1.807) is 12.3 Å². The summed E-state index contributed by atoms with van der Waals surface area (Å²) < 4.78 is 29.6. The molecular formula is C14H25N3O2S. The van der Waals surface area contributed by atoms with Crippen LogP contribution in [0.1, 0.15) is 45.7 Å². The Balaban J connectivity index is 2.16. The summed E-state index contributed by atoms with van der Waals surface area (Å²) in [5.41, 5.74) is 6.72. The van der Waals surface area contributed by atoms with Gasteiger partial charge in [-0.05, 0) is 37.7 Å². The maximum Gasteiger partial charge on any atom is 0.242 e. The molecule has 0 radical (unpaired) electrons. The molecule has 0 saturated heterocycles. The minimum atomic E-state index is -3.44. The largest absolute Gasteiger partial charge is 0.349 e. The minimum absolute atomic E-state index is 0.0429. The Labute approximate surface area is 121 Å². The van der Waals surface area contributed by atoms with E-state index in [4.69, 9.17) is 5.73 Å². The van der Waals surface area contributed by atoms with Crippen LogP contribution < -0.4 is 10.5 Å². The molecule has 1 aromatic heterocycles. The summed E-state index contributed by atoms with van der Waals surface area (Å²) in [6, 6.07) is 1.72. The molecule has 0 amide bonds. The number of nitrogens with one attached hydrogen (secondary N) is 1. The lowest BCUT2D eigenvalue weighted by molar-refractivity contribution is 0.372. The number of nitrogens with zero attached hydrogens (tertiary/aromatic N) is 1. The fourth-order valence-electron chi connectivity index (χ4n) is 2.96. The van der Waals surface area contributed by atoms with Gasteiger partial charge in [0.05, 0.1) is 4.90 Å². The van der Waals surface area contributed by atoms with Gasteiger partial charge in [-0.15, -0.1) is 0 Å². The van der Waals surface area contributed by atoms with E-state index in [9.17, 15) is 8.42 Å². The van der Waals surface area contributed by atoms with Crippen LogP contribution in [-0.2, 0) is 23.1 Å². The maximum atomic E-state index is 12.4. The molecule has 5 nitrogen and oxygen atoms in total. The zero-order valence-electron chi connectivity index (χ0n) is 12.5. The van der Waals surface area contributed by atoms with Gasteiger partial charge in [-0.3, -0.25) is 0 Å². The van der Waals surface area contributed by atoms with E-state index in [2.05, 4.69) is 18.6 Å². The average molecular weight is 299 g/mol. The Morgan fingerprint density at radius 3 is 2.65 bits per heavy atom. The van der Waals surface area contributed by atoms with Crippen molar-refractivity contribution in [2.24, 2.45) is 11.1 Å². The molecule has 1 aliphatic rings. The normalized spacial score (nSPS) is 22.3. The van der Waals surface area contributed by atoms with Crippen molar-refractivity contribution in [2.45, 2.75) is 64.1 Å². The van der Waals surface area contributed by atoms with Crippen molar-refractivity contribution in [1.82, 2.24) is 9.29 Å². The zero-order valence-corrected chi connectivity index (χ0v) is 13.3. The number of nitrogens with two attached hydrogens (primary N) is 1. The fourth-order valence-corrected chi connectivity index (χ4v) is 4.30. The van der Waals surface area contributed by atoms with Crippen molar-refractivity contribution < 1.29 is 8.42 Å². The molecule has 1 atom stereocenters. The van der Waals surface area contributed by atoms with Gasteiger partial charge in [0.1, 0.15) is 0 Å². The van der Waals surface area contributed by atoms with Gasteiger partial charge in [0.25, 0.3) is 0 Å². The average Bonchev–Trinajstić information content (AvgIpc) is 2.92. The first kappa shape index (κ1) is 15.5. The second-order valence-electron chi connectivity index (χ2n) is 6.38. The van der Waals surface area contributed by atoms with E-state index in [0.29, 0.717) is 11.4 Å². The van der Waals surface area contributed by atoms with E-state index < -0.39 is 10.0 Å². The third-order valence-electron chi connectivity index (χ3n) is 4.11. The van der Waals surface area contributed by atoms with E-state index in [1.165, 1.54) is 0 Å². The summed E-state index contributed by atoms with van der Waals surface area (Å²) >= 11 is 0. The topological polar surface area (TPSA) is 77.1 Å². The molecule has 1 aromatic rings. The number of hydrogen-bond acceptors (Lipinski definition) is 3. The molecule has 6 heteroatoms. The molecule has 114 valence electrons. The second-order valence-corrected chi connectivity index (χ2v) is 8.10. The summed E-state index contributed by atoms with van der Waals surface area (Å²) in [6.07, 6.45) is 4.53. The van der Waals surface area contributed by atoms with E-state index in [-0.39, 0.29) is 11.5 Å². The van der Waals surface area contributed by atoms with Crippen LogP contribution in [0.4, 0.5) is 0 Å². The van der Waals surface area contributed by atoms with Crippen LogP contribution in [0.15, 0.2) is 17.2 Å². The first-order valence-corrected chi connectivity index (χ1v) is 8.67. The molecule has 0 aliphatic heterocycles. The fraction of sp³-hybridized carbons (Fsp3) is 0.714. The summed E-state index contributed by atoms with van der Waals surface area (Å²) in [7, 11) is -3.44. The number of aryl methyl sites for hydroxylation is 1. The van der Waals surface area contributed by atoms with Crippen molar-refractivity contribution in [3.63, 3.8) is 0 Å². The SMILES string of the molecule is CCn1cc(S(=O)(=O)NC2CCC(C)(C)C2)cc1CN. The monoisotopic (exact) mass is 299 g/mol. The maximum absolute atomic E-state index is 12.4. The Kier molecular flexibility index (Phi) is 4.27. The van der Waals surface area contributed by atoms with Gasteiger partial charge in [0.15, 0.2) is 0 Å². The van der Waals surface area contributed by atoms with Crippen molar-refractivity contribution in [2.75, 3.05) is 0 Å². The molecule has 1 aliphatic carbocycles. The van der Waals surface area contributed by atoms with Gasteiger partial charge < -0.3 is 10.3 Å². The van der Waals surface area contributed by atoms with Crippen LogP contribution in [0.3, 0.4) is 0 Å². The molecule has 1 unspecified atom stereocenters. The Morgan fingerprint density at radius 1 is 1.50 bits per heavy atom. The van der Waals surface area contributed by atoms with Gasteiger partial charge in [0, 0.05) is 31.0 Å². The summed E-state index contributed by atoms with van der Waals surface area (Å²) in [5, 5.41) is 0. The predicted octanol–water partition coefficient (Wildman–Crippen LogP) is 1.82. The molecule has 1 heterocycles. The summed E-state index contributed by atoms with van der Waals surface area (Å²) in [4.78, 5) is 0.324. The summed E-state index contributed by atoms with van der Waals surface area (Å²) in [5.74, 6) is 0. The van der Waals surface area contributed by atoms with Crippen LogP contribution in [0.2, 0.25) is 0 Å². The van der Waals surface area contributed by atoms with Gasteiger partial charge in [0.2, 0.25) is 10.0 Å². The first-order chi connectivity index (χ1) is 9.27. The zero-order chi connectivity index (χ0) is 15.0. The number of aromatic nitrogens is 1. The summed E-state index contributed by atoms with van der Waals surface area (Å²) in [6.45, 7) is 7.41. The van der Waals surface area contributed by atoms with E-state index in [0.717, 1.165) is 31.5 Å². The highest BCUT2D eigenvalue weighted by Gasteiger charge is 2.33. The molecule has 3 N–H and O–H groups in total. The number of rotatable bonds is 5. The van der Waals surface area contributed by atoms with Crippen LogP contribution >= 0.6 is 0 Å². The Bertz CT molecular complexity index is 554. The lowest BCUT2D eigenvalue weighted by Crippen LogP contribution is -2.33. The smallest absolute Gasteiger partial charge is 0.242 e. The molecule has 2 rings (SSSR count). The highest BCUT2D eigenvalue weighted by atomic mass is 32.2. The highest BCUT2D eigenvalue weighted by molar-refractivity contribution is 7.89. The van der Waals surface area contributed by atoms with E-state index >= 15 is 0 Å². The van der Waals surface area contributed by atoms with Crippen LogP contribution in [-0.4, -0.2) is 19.0 Å². The van der Waals surface area contributed by atoms with Crippen molar-refractivity contribution in [3.8, 4) is 0 Å². The second kappa shape index (κ2) is 5.50. The molecule has 0 spiro atoms. The molecule has 20 heavy (non-hydrogen) atoms. The van der Waals surface area contributed by atoms with Gasteiger partial charge in [-0.2, -0.15) is 0 Å². The first-order valence-electron chi connectivity index (χ1n) is 7.19. The molecule has 1 fully saturated rings. The van der Waals surface area contributed by atoms with Crippen LogP contribution in [0, 0.1) is 5.41 Å². The molecular weight excluding hydrogens is 274 g/mol. The lowest BCUT2D eigenvalue weighted by atomic mass is 9.92. The molecule has 0 aromatic carbocycles. The standard InChI is InChI=1S/C14H25N3O2S/c1-4-17-10-13(7-12(17)9-15)20(18,19)16-11-5-6-14(2,3)8-11/h7,10-11,16H,4-6,8-9,15H2,1-3H3. The highest BCUT2D eigenvalue weighted by Crippen LogP contribution is 2.37. The predicted molar refractivity (Wildman–Crippen MR) is 79.7 cm³/mol. The van der Waals surface area contributed by atoms with Crippen LogP contribution in [0.25, 0.3) is 0 Å². The quantitative estimate of drug-likeness (QED) is 0.870. The van der Waals surface area contributed by atoms with Gasteiger partial charge >= 0.3 is 0 Å². The molecule has 0 bridgehead atoms. The number of hydrogen-bond donors (Lipinski definition) is 2.